The zero-order valence-electron chi connectivity index (χ0n) is 19.0. The molecule has 6 nitrogen and oxygen atoms in total. The number of nitrogens with one attached hydrogen (secondary N) is 1. The number of aryl methyl sites for hydroxylation is 1. The predicted molar refractivity (Wildman–Crippen MR) is 122 cm³/mol. The summed E-state index contributed by atoms with van der Waals surface area (Å²) in [6.07, 6.45) is 6.02. The smallest absolute Gasteiger partial charge is 0.242 e. The molecule has 2 aromatic carbocycles. The van der Waals surface area contributed by atoms with Gasteiger partial charge in [-0.15, -0.1) is 0 Å². The summed E-state index contributed by atoms with van der Waals surface area (Å²) in [5, 5.41) is 3.10. The number of halogens is 1. The summed E-state index contributed by atoms with van der Waals surface area (Å²) in [5.41, 5.74) is 1.34. The summed E-state index contributed by atoms with van der Waals surface area (Å²) in [6.45, 7) is 1.96. The van der Waals surface area contributed by atoms with E-state index in [2.05, 4.69) is 5.32 Å². The molecule has 4 rings (SSSR count). The largest absolute Gasteiger partial charge is 0.454 e. The third kappa shape index (κ3) is 5.83. The molecule has 1 atom stereocenters. The molecular formula is C26H31FN2O4. The normalized spacial score (nSPS) is 16.3. The fourth-order valence-corrected chi connectivity index (χ4v) is 4.45. The van der Waals surface area contributed by atoms with Gasteiger partial charge < -0.3 is 19.7 Å². The summed E-state index contributed by atoms with van der Waals surface area (Å²) in [5.74, 6) is 0.602. The van der Waals surface area contributed by atoms with Crippen LogP contribution >= 0.6 is 0 Å². The Morgan fingerprint density at radius 2 is 1.85 bits per heavy atom. The topological polar surface area (TPSA) is 67.9 Å². The van der Waals surface area contributed by atoms with Gasteiger partial charge in [-0.05, 0) is 49.9 Å². The first-order chi connectivity index (χ1) is 16.0. The lowest BCUT2D eigenvalue weighted by Gasteiger charge is -2.31. The molecule has 1 aliphatic heterocycles. The van der Waals surface area contributed by atoms with Crippen LogP contribution in [-0.4, -0.2) is 35.6 Å². The highest BCUT2D eigenvalue weighted by atomic mass is 19.1. The maximum atomic E-state index is 14.4. The van der Waals surface area contributed by atoms with Crippen molar-refractivity contribution in [3.8, 4) is 11.5 Å². The number of carbonyl (C=O) groups is 2. The first-order valence-corrected chi connectivity index (χ1v) is 11.7. The van der Waals surface area contributed by atoms with E-state index < -0.39 is 6.04 Å². The standard InChI is InChI=1S/C26H31FN2O4/c1-18(26(31)28-21-8-3-2-4-9-21)29(16-20-7-5-6-10-22(20)27)25(30)14-12-19-11-13-23-24(15-19)33-17-32-23/h5-7,10-11,13,15,18,21H,2-4,8-9,12,14,16-17H2,1H3,(H,28,31)/t18-/m0/s1. The van der Waals surface area contributed by atoms with E-state index in [1.54, 1.807) is 25.1 Å². The predicted octanol–water partition coefficient (Wildman–Crippen LogP) is 4.35. The Kier molecular flexibility index (Phi) is 7.47. The molecule has 2 aliphatic rings. The van der Waals surface area contributed by atoms with Gasteiger partial charge in [-0.1, -0.05) is 43.5 Å². The molecule has 0 radical (unpaired) electrons. The van der Waals surface area contributed by atoms with Crippen LogP contribution in [0.2, 0.25) is 0 Å². The number of rotatable bonds is 8. The van der Waals surface area contributed by atoms with E-state index in [4.69, 9.17) is 9.47 Å². The zero-order chi connectivity index (χ0) is 23.2. The average Bonchev–Trinajstić information content (AvgIpc) is 3.30. The molecule has 1 N–H and O–H groups in total. The van der Waals surface area contributed by atoms with Gasteiger partial charge in [0.25, 0.3) is 0 Å². The van der Waals surface area contributed by atoms with Crippen LogP contribution in [-0.2, 0) is 22.6 Å². The Morgan fingerprint density at radius 1 is 1.09 bits per heavy atom. The zero-order valence-corrected chi connectivity index (χ0v) is 19.0. The summed E-state index contributed by atoms with van der Waals surface area (Å²) >= 11 is 0. The Balaban J connectivity index is 1.45. The number of amides is 2. The molecule has 2 aromatic rings. The van der Waals surface area contributed by atoms with E-state index in [1.807, 2.05) is 18.2 Å². The maximum Gasteiger partial charge on any atom is 0.242 e. The summed E-state index contributed by atoms with van der Waals surface area (Å²) in [7, 11) is 0. The number of nitrogens with zero attached hydrogens (tertiary/aromatic N) is 1. The molecule has 1 aliphatic carbocycles. The third-order valence-electron chi connectivity index (χ3n) is 6.48. The van der Waals surface area contributed by atoms with E-state index in [1.165, 1.54) is 17.4 Å². The van der Waals surface area contributed by atoms with Crippen molar-refractivity contribution in [3.05, 3.63) is 59.4 Å². The highest BCUT2D eigenvalue weighted by Crippen LogP contribution is 2.33. The molecule has 1 fully saturated rings. The van der Waals surface area contributed by atoms with Crippen LogP contribution in [0.4, 0.5) is 4.39 Å². The van der Waals surface area contributed by atoms with E-state index in [-0.39, 0.29) is 43.4 Å². The van der Waals surface area contributed by atoms with Gasteiger partial charge in [0.15, 0.2) is 11.5 Å². The van der Waals surface area contributed by atoms with E-state index >= 15 is 0 Å². The lowest BCUT2D eigenvalue weighted by molar-refractivity contribution is -0.141. The molecule has 176 valence electrons. The van der Waals surface area contributed by atoms with Crippen LogP contribution < -0.4 is 14.8 Å². The molecule has 7 heteroatoms. The van der Waals surface area contributed by atoms with Gasteiger partial charge in [0.2, 0.25) is 18.6 Å². The molecule has 0 saturated heterocycles. The molecule has 0 spiro atoms. The van der Waals surface area contributed by atoms with Crippen molar-refractivity contribution in [2.24, 2.45) is 0 Å². The van der Waals surface area contributed by atoms with E-state index in [9.17, 15) is 14.0 Å². The van der Waals surface area contributed by atoms with Crippen molar-refractivity contribution in [1.82, 2.24) is 10.2 Å². The van der Waals surface area contributed by atoms with Gasteiger partial charge in [-0.3, -0.25) is 9.59 Å². The number of carbonyl (C=O) groups excluding carboxylic acids is 2. The highest BCUT2D eigenvalue weighted by Gasteiger charge is 2.28. The lowest BCUT2D eigenvalue weighted by Crippen LogP contribution is -2.50. The van der Waals surface area contributed by atoms with Crippen LogP contribution in [0, 0.1) is 5.82 Å². The Bertz CT molecular complexity index is 990. The summed E-state index contributed by atoms with van der Waals surface area (Å²) in [4.78, 5) is 27.8. The van der Waals surface area contributed by atoms with Crippen molar-refractivity contribution < 1.29 is 23.5 Å². The first kappa shape index (κ1) is 23.1. The number of hydrogen-bond donors (Lipinski definition) is 1. The number of fused-ring (bicyclic) bond motifs is 1. The highest BCUT2D eigenvalue weighted by molar-refractivity contribution is 5.87. The summed E-state index contributed by atoms with van der Waals surface area (Å²) in [6, 6.07) is 11.4. The second kappa shape index (κ2) is 10.7. The van der Waals surface area contributed by atoms with Crippen LogP contribution in [0.1, 0.15) is 56.6 Å². The van der Waals surface area contributed by atoms with Crippen LogP contribution in [0.25, 0.3) is 0 Å². The number of benzene rings is 2. The SMILES string of the molecule is C[C@@H](C(=O)NC1CCCCC1)N(Cc1ccccc1F)C(=O)CCc1ccc2c(c1)OCO2. The van der Waals surface area contributed by atoms with Crippen LogP contribution in [0.15, 0.2) is 42.5 Å². The van der Waals surface area contributed by atoms with Gasteiger partial charge in [-0.25, -0.2) is 4.39 Å². The second-order valence-corrected chi connectivity index (χ2v) is 8.82. The van der Waals surface area contributed by atoms with Gasteiger partial charge in [0.1, 0.15) is 11.9 Å². The molecule has 1 heterocycles. The average molecular weight is 455 g/mol. The fourth-order valence-electron chi connectivity index (χ4n) is 4.45. The van der Waals surface area contributed by atoms with Gasteiger partial charge in [0, 0.05) is 24.6 Å². The molecular weight excluding hydrogens is 423 g/mol. The van der Waals surface area contributed by atoms with E-state index in [0.717, 1.165) is 31.2 Å². The molecule has 2 amide bonds. The number of hydrogen-bond acceptors (Lipinski definition) is 4. The Morgan fingerprint density at radius 3 is 2.64 bits per heavy atom. The molecule has 0 unspecified atom stereocenters. The molecule has 0 bridgehead atoms. The Labute approximate surface area is 194 Å². The number of ether oxygens (including phenoxy) is 2. The minimum Gasteiger partial charge on any atom is -0.454 e. The fraction of sp³-hybridized carbons (Fsp3) is 0.462. The summed E-state index contributed by atoms with van der Waals surface area (Å²) < 4.78 is 25.1. The Hall–Kier alpha value is -3.09. The van der Waals surface area contributed by atoms with Crippen molar-refractivity contribution in [3.63, 3.8) is 0 Å². The molecule has 33 heavy (non-hydrogen) atoms. The van der Waals surface area contributed by atoms with Gasteiger partial charge in [-0.2, -0.15) is 0 Å². The molecule has 1 saturated carbocycles. The van der Waals surface area contributed by atoms with Crippen LogP contribution in [0.3, 0.4) is 0 Å². The second-order valence-electron chi connectivity index (χ2n) is 8.82. The quantitative estimate of drug-likeness (QED) is 0.644. The first-order valence-electron chi connectivity index (χ1n) is 11.7. The van der Waals surface area contributed by atoms with Crippen molar-refractivity contribution in [2.75, 3.05) is 6.79 Å². The molecule has 0 aromatic heterocycles. The van der Waals surface area contributed by atoms with Crippen LogP contribution in [0.5, 0.6) is 11.5 Å². The van der Waals surface area contributed by atoms with Gasteiger partial charge >= 0.3 is 0 Å². The van der Waals surface area contributed by atoms with Crippen molar-refractivity contribution in [1.29, 1.82) is 0 Å². The lowest BCUT2D eigenvalue weighted by atomic mass is 9.95. The maximum absolute atomic E-state index is 14.4. The van der Waals surface area contributed by atoms with E-state index in [0.29, 0.717) is 23.5 Å². The third-order valence-corrected chi connectivity index (χ3v) is 6.48. The monoisotopic (exact) mass is 454 g/mol. The van der Waals surface area contributed by atoms with Gasteiger partial charge in [0.05, 0.1) is 0 Å². The van der Waals surface area contributed by atoms with Crippen molar-refractivity contribution in [2.45, 2.75) is 70.5 Å². The minimum absolute atomic E-state index is 0.0475. The minimum atomic E-state index is -0.698. The van der Waals surface area contributed by atoms with Crippen molar-refractivity contribution >= 4 is 11.8 Å².